The lowest BCUT2D eigenvalue weighted by Gasteiger charge is -2.35. The fourth-order valence-electron chi connectivity index (χ4n) is 1.61. The number of carbonyl (C=O) groups is 2. The second-order valence-electron chi connectivity index (χ2n) is 4.26. The standard InChI is InChI=1S/C10H21N3S.C2H2O4/c1-3-5-11-10(14)13-8-6-12(4-2)7-9-13;3-1(4)2(5)6/h3-9H2,1-2H3,(H,11,14);(H,3,4)(H,5,6). The highest BCUT2D eigenvalue weighted by Gasteiger charge is 2.16. The molecule has 0 radical (unpaired) electrons. The first-order valence-corrected chi connectivity index (χ1v) is 7.04. The molecule has 0 atom stereocenters. The molecule has 0 bridgehead atoms. The van der Waals surface area contributed by atoms with Crippen molar-refractivity contribution in [1.29, 1.82) is 0 Å². The summed E-state index contributed by atoms with van der Waals surface area (Å²) in [5, 5.41) is 19.0. The van der Waals surface area contributed by atoms with Crippen molar-refractivity contribution >= 4 is 29.3 Å². The van der Waals surface area contributed by atoms with Crippen molar-refractivity contribution in [2.24, 2.45) is 0 Å². The number of nitrogens with zero attached hydrogens (tertiary/aromatic N) is 2. The Morgan fingerprint density at radius 2 is 1.60 bits per heavy atom. The Bertz CT molecular complexity index is 319. The van der Waals surface area contributed by atoms with Crippen LogP contribution in [-0.2, 0) is 9.59 Å². The lowest BCUT2D eigenvalue weighted by atomic mass is 10.3. The lowest BCUT2D eigenvalue weighted by molar-refractivity contribution is -0.159. The minimum Gasteiger partial charge on any atom is -0.473 e. The summed E-state index contributed by atoms with van der Waals surface area (Å²) in [6.45, 7) is 10.9. The summed E-state index contributed by atoms with van der Waals surface area (Å²) in [4.78, 5) is 22.9. The summed E-state index contributed by atoms with van der Waals surface area (Å²) in [6, 6.07) is 0. The van der Waals surface area contributed by atoms with Gasteiger partial charge in [0, 0.05) is 32.7 Å². The molecule has 1 aliphatic rings. The van der Waals surface area contributed by atoms with Crippen molar-refractivity contribution in [1.82, 2.24) is 15.1 Å². The van der Waals surface area contributed by atoms with Crippen LogP contribution in [0.3, 0.4) is 0 Å². The number of likely N-dealkylation sites (N-methyl/N-ethyl adjacent to an activating group) is 1. The Morgan fingerprint density at radius 1 is 1.10 bits per heavy atom. The molecule has 0 aromatic rings. The summed E-state index contributed by atoms with van der Waals surface area (Å²) in [5.41, 5.74) is 0. The number of rotatable bonds is 3. The van der Waals surface area contributed by atoms with Gasteiger partial charge in [0.1, 0.15) is 0 Å². The number of thiocarbonyl (C=S) groups is 1. The molecule has 0 aliphatic carbocycles. The average Bonchev–Trinajstić information content (AvgIpc) is 2.45. The molecule has 20 heavy (non-hydrogen) atoms. The first-order chi connectivity index (χ1) is 9.42. The van der Waals surface area contributed by atoms with Gasteiger partial charge in [-0.25, -0.2) is 9.59 Å². The third kappa shape index (κ3) is 7.90. The summed E-state index contributed by atoms with van der Waals surface area (Å²) in [6.07, 6.45) is 1.13. The van der Waals surface area contributed by atoms with Gasteiger partial charge in [-0.3, -0.25) is 0 Å². The smallest absolute Gasteiger partial charge is 0.414 e. The van der Waals surface area contributed by atoms with E-state index < -0.39 is 11.9 Å². The van der Waals surface area contributed by atoms with Crippen LogP contribution in [0.4, 0.5) is 0 Å². The highest BCUT2D eigenvalue weighted by atomic mass is 32.1. The first kappa shape index (κ1) is 18.6. The van der Waals surface area contributed by atoms with Crippen LogP contribution in [0.5, 0.6) is 0 Å². The van der Waals surface area contributed by atoms with Crippen molar-refractivity contribution in [2.45, 2.75) is 20.3 Å². The molecule has 0 aromatic carbocycles. The highest BCUT2D eigenvalue weighted by Crippen LogP contribution is 2.01. The van der Waals surface area contributed by atoms with Crippen LogP contribution in [0.25, 0.3) is 0 Å². The Morgan fingerprint density at radius 3 is 1.95 bits per heavy atom. The normalized spacial score (nSPS) is 15.0. The molecule has 8 heteroatoms. The number of nitrogens with one attached hydrogen (secondary N) is 1. The van der Waals surface area contributed by atoms with Crippen LogP contribution in [0.1, 0.15) is 20.3 Å². The molecule has 3 N–H and O–H groups in total. The van der Waals surface area contributed by atoms with Crippen LogP contribution in [0.2, 0.25) is 0 Å². The first-order valence-electron chi connectivity index (χ1n) is 6.63. The van der Waals surface area contributed by atoms with Crippen molar-refractivity contribution in [3.63, 3.8) is 0 Å². The van der Waals surface area contributed by atoms with E-state index in [4.69, 9.17) is 32.0 Å². The third-order valence-corrected chi connectivity index (χ3v) is 3.22. The van der Waals surface area contributed by atoms with E-state index >= 15 is 0 Å². The average molecular weight is 305 g/mol. The van der Waals surface area contributed by atoms with E-state index in [9.17, 15) is 0 Å². The van der Waals surface area contributed by atoms with Gasteiger partial charge in [-0.15, -0.1) is 0 Å². The topological polar surface area (TPSA) is 93.1 Å². The van der Waals surface area contributed by atoms with E-state index in [2.05, 4.69) is 29.0 Å². The highest BCUT2D eigenvalue weighted by molar-refractivity contribution is 7.80. The van der Waals surface area contributed by atoms with Gasteiger partial charge in [-0.05, 0) is 25.2 Å². The number of carboxylic acids is 2. The molecule has 1 heterocycles. The van der Waals surface area contributed by atoms with Gasteiger partial charge in [-0.1, -0.05) is 13.8 Å². The quantitative estimate of drug-likeness (QED) is 0.498. The van der Waals surface area contributed by atoms with E-state index in [0.29, 0.717) is 0 Å². The maximum Gasteiger partial charge on any atom is 0.414 e. The van der Waals surface area contributed by atoms with E-state index in [1.165, 1.54) is 0 Å². The SMILES string of the molecule is CCCNC(=S)N1CCN(CC)CC1.O=C(O)C(=O)O. The van der Waals surface area contributed by atoms with Gasteiger partial charge in [0.15, 0.2) is 5.11 Å². The monoisotopic (exact) mass is 305 g/mol. The molecule has 0 saturated carbocycles. The largest absolute Gasteiger partial charge is 0.473 e. The number of aliphatic carboxylic acids is 2. The Kier molecular flexibility index (Phi) is 9.65. The molecule has 7 nitrogen and oxygen atoms in total. The van der Waals surface area contributed by atoms with Crippen molar-refractivity contribution in [2.75, 3.05) is 39.3 Å². The molecular formula is C12H23N3O4S. The number of hydrogen-bond donors (Lipinski definition) is 3. The predicted molar refractivity (Wildman–Crippen MR) is 79.9 cm³/mol. The van der Waals surface area contributed by atoms with Crippen LogP contribution < -0.4 is 5.32 Å². The Labute approximate surface area is 124 Å². The molecule has 116 valence electrons. The molecule has 1 rings (SSSR count). The van der Waals surface area contributed by atoms with E-state index in [-0.39, 0.29) is 0 Å². The van der Waals surface area contributed by atoms with Crippen LogP contribution in [0.15, 0.2) is 0 Å². The van der Waals surface area contributed by atoms with Gasteiger partial charge in [-0.2, -0.15) is 0 Å². The molecule has 0 spiro atoms. The third-order valence-electron chi connectivity index (χ3n) is 2.82. The zero-order valence-corrected chi connectivity index (χ0v) is 12.8. The number of piperazine rings is 1. The fourth-order valence-corrected chi connectivity index (χ4v) is 1.90. The van der Waals surface area contributed by atoms with E-state index in [0.717, 1.165) is 50.8 Å². The van der Waals surface area contributed by atoms with Gasteiger partial charge >= 0.3 is 11.9 Å². The summed E-state index contributed by atoms with van der Waals surface area (Å²) >= 11 is 5.31. The predicted octanol–water partition coefficient (Wildman–Crippen LogP) is 0.0640. The van der Waals surface area contributed by atoms with Crippen molar-refractivity contribution < 1.29 is 19.8 Å². The van der Waals surface area contributed by atoms with E-state index in [1.54, 1.807) is 0 Å². The molecule has 0 amide bonds. The second-order valence-corrected chi connectivity index (χ2v) is 4.65. The van der Waals surface area contributed by atoms with Crippen LogP contribution in [0, 0.1) is 0 Å². The van der Waals surface area contributed by atoms with Gasteiger partial charge in [0.05, 0.1) is 0 Å². The van der Waals surface area contributed by atoms with E-state index in [1.807, 2.05) is 0 Å². The van der Waals surface area contributed by atoms with Gasteiger partial charge < -0.3 is 25.3 Å². The summed E-state index contributed by atoms with van der Waals surface area (Å²) < 4.78 is 0. The number of carboxylic acid groups (broad SMARTS) is 2. The molecule has 1 saturated heterocycles. The number of hydrogen-bond acceptors (Lipinski definition) is 4. The molecular weight excluding hydrogens is 282 g/mol. The fraction of sp³-hybridized carbons (Fsp3) is 0.750. The molecule has 1 aliphatic heterocycles. The molecule has 1 fully saturated rings. The Hall–Kier alpha value is -1.41. The minimum absolute atomic E-state index is 0.933. The zero-order valence-electron chi connectivity index (χ0n) is 12.0. The van der Waals surface area contributed by atoms with Crippen molar-refractivity contribution in [3.05, 3.63) is 0 Å². The summed E-state index contributed by atoms with van der Waals surface area (Å²) in [7, 11) is 0. The molecule has 0 unspecified atom stereocenters. The van der Waals surface area contributed by atoms with Crippen LogP contribution >= 0.6 is 12.2 Å². The van der Waals surface area contributed by atoms with Crippen molar-refractivity contribution in [3.8, 4) is 0 Å². The second kappa shape index (κ2) is 10.4. The van der Waals surface area contributed by atoms with Gasteiger partial charge in [0.2, 0.25) is 0 Å². The summed E-state index contributed by atoms with van der Waals surface area (Å²) in [5.74, 6) is -3.65. The van der Waals surface area contributed by atoms with Crippen LogP contribution in [-0.4, -0.2) is 76.3 Å². The molecule has 0 aromatic heterocycles. The maximum atomic E-state index is 9.10. The lowest BCUT2D eigenvalue weighted by Crippen LogP contribution is -2.51. The maximum absolute atomic E-state index is 9.10. The zero-order chi connectivity index (χ0) is 15.5. The minimum atomic E-state index is -1.82. The van der Waals surface area contributed by atoms with Gasteiger partial charge in [0.25, 0.3) is 0 Å². The Balaban J connectivity index is 0.000000511.